The Labute approximate surface area is 139 Å². The van der Waals surface area contributed by atoms with Crippen LogP contribution in [0.2, 0.25) is 0 Å². The van der Waals surface area contributed by atoms with Gasteiger partial charge in [0.25, 0.3) is 0 Å². The van der Waals surface area contributed by atoms with Crippen molar-refractivity contribution < 1.29 is 4.79 Å². The monoisotopic (exact) mass is 331 g/mol. The summed E-state index contributed by atoms with van der Waals surface area (Å²) in [6.07, 6.45) is 3.80. The van der Waals surface area contributed by atoms with Crippen molar-refractivity contribution in [1.29, 1.82) is 0 Å². The molecule has 2 saturated heterocycles. The Hall–Kier alpha value is -1.73. The molecule has 0 radical (unpaired) electrons. The Morgan fingerprint density at radius 1 is 1.30 bits per heavy atom. The lowest BCUT2D eigenvalue weighted by molar-refractivity contribution is -0.131. The van der Waals surface area contributed by atoms with E-state index in [-0.39, 0.29) is 5.92 Å². The van der Waals surface area contributed by atoms with E-state index in [2.05, 4.69) is 20.2 Å². The molecule has 7 heteroatoms. The molecule has 0 unspecified atom stereocenters. The summed E-state index contributed by atoms with van der Waals surface area (Å²) in [4.78, 5) is 25.9. The van der Waals surface area contributed by atoms with E-state index >= 15 is 0 Å². The molecular formula is C16H21N5OS. The molecule has 2 aromatic rings. The lowest BCUT2D eigenvalue weighted by atomic mass is 10.0. The van der Waals surface area contributed by atoms with Crippen LogP contribution in [0.4, 0.5) is 0 Å². The number of rotatable bonds is 4. The maximum absolute atomic E-state index is 12.7. The van der Waals surface area contributed by atoms with Gasteiger partial charge in [-0.2, -0.15) is 0 Å². The molecule has 2 aliphatic heterocycles. The van der Waals surface area contributed by atoms with E-state index in [1.165, 1.54) is 0 Å². The minimum Gasteiger partial charge on any atom is -0.337 e. The number of thiazole rings is 1. The summed E-state index contributed by atoms with van der Waals surface area (Å²) in [6, 6.07) is 0. The molecule has 6 nitrogen and oxygen atoms in total. The Morgan fingerprint density at radius 2 is 2.17 bits per heavy atom. The fourth-order valence-electron chi connectivity index (χ4n) is 3.73. The summed E-state index contributed by atoms with van der Waals surface area (Å²) in [5.74, 6) is 1.95. The van der Waals surface area contributed by atoms with Crippen LogP contribution in [-0.2, 0) is 24.9 Å². The highest BCUT2D eigenvalue weighted by Gasteiger charge is 2.46. The standard InChI is InChI=1S/C16H21N5OS/c1-11-18-13(10-23-11)7-21-6-12-5-20(8-14(12)16(21)22)9-15-17-3-4-19(15)2/h3-4,10,12,14H,5-9H2,1-2H3/t12-,14-/m1/s1. The van der Waals surface area contributed by atoms with E-state index < -0.39 is 0 Å². The molecule has 2 aromatic heterocycles. The Balaban J connectivity index is 1.38. The smallest absolute Gasteiger partial charge is 0.227 e. The van der Waals surface area contributed by atoms with Gasteiger partial charge in [-0.3, -0.25) is 9.69 Å². The topological polar surface area (TPSA) is 54.3 Å². The SMILES string of the molecule is Cc1nc(CN2C[C@H]3CN(Cc4nccn4C)C[C@H]3C2=O)cs1. The first kappa shape index (κ1) is 14.8. The Bertz CT molecular complexity index is 724. The first-order valence-corrected chi connectivity index (χ1v) is 8.86. The third kappa shape index (κ3) is 2.79. The predicted octanol–water partition coefficient (Wildman–Crippen LogP) is 1.28. The summed E-state index contributed by atoms with van der Waals surface area (Å²) in [7, 11) is 2.02. The molecule has 0 bridgehead atoms. The van der Waals surface area contributed by atoms with Crippen LogP contribution in [0.1, 0.15) is 16.5 Å². The summed E-state index contributed by atoms with van der Waals surface area (Å²) in [5, 5.41) is 3.12. The van der Waals surface area contributed by atoms with Crippen molar-refractivity contribution in [2.75, 3.05) is 19.6 Å². The molecule has 4 heterocycles. The number of fused-ring (bicyclic) bond motifs is 1. The van der Waals surface area contributed by atoms with Crippen LogP contribution in [0.15, 0.2) is 17.8 Å². The van der Waals surface area contributed by atoms with Crippen molar-refractivity contribution in [2.24, 2.45) is 18.9 Å². The third-order valence-corrected chi connectivity index (χ3v) is 5.73. The molecule has 0 N–H and O–H groups in total. The van der Waals surface area contributed by atoms with Crippen LogP contribution in [0, 0.1) is 18.8 Å². The number of imidazole rings is 1. The zero-order chi connectivity index (χ0) is 16.0. The Kier molecular flexibility index (Phi) is 3.69. The van der Waals surface area contributed by atoms with Crippen LogP contribution >= 0.6 is 11.3 Å². The average molecular weight is 331 g/mol. The van der Waals surface area contributed by atoms with Crippen molar-refractivity contribution in [3.8, 4) is 0 Å². The summed E-state index contributed by atoms with van der Waals surface area (Å²) >= 11 is 1.65. The van der Waals surface area contributed by atoms with E-state index in [0.717, 1.165) is 42.7 Å². The van der Waals surface area contributed by atoms with Gasteiger partial charge in [0.15, 0.2) is 0 Å². The molecule has 122 valence electrons. The zero-order valence-corrected chi connectivity index (χ0v) is 14.3. The van der Waals surface area contributed by atoms with E-state index in [4.69, 9.17) is 0 Å². The van der Waals surface area contributed by atoms with Gasteiger partial charge in [0.1, 0.15) is 5.82 Å². The van der Waals surface area contributed by atoms with Crippen molar-refractivity contribution in [3.05, 3.63) is 34.3 Å². The lowest BCUT2D eigenvalue weighted by Crippen LogP contribution is -2.32. The second-order valence-corrected chi connectivity index (χ2v) is 7.65. The summed E-state index contributed by atoms with van der Waals surface area (Å²) in [5.41, 5.74) is 1.02. The molecule has 0 aromatic carbocycles. The van der Waals surface area contributed by atoms with E-state index in [1.54, 1.807) is 11.3 Å². The van der Waals surface area contributed by atoms with Crippen molar-refractivity contribution in [2.45, 2.75) is 20.0 Å². The van der Waals surface area contributed by atoms with Gasteiger partial charge in [-0.25, -0.2) is 9.97 Å². The number of carbonyl (C=O) groups is 1. The summed E-state index contributed by atoms with van der Waals surface area (Å²) < 4.78 is 2.05. The second-order valence-electron chi connectivity index (χ2n) is 6.59. The summed E-state index contributed by atoms with van der Waals surface area (Å²) in [6.45, 7) is 6.19. The number of hydrogen-bond acceptors (Lipinski definition) is 5. The van der Waals surface area contributed by atoms with E-state index in [0.29, 0.717) is 18.4 Å². The first-order valence-electron chi connectivity index (χ1n) is 7.98. The van der Waals surface area contributed by atoms with Crippen LogP contribution in [-0.4, -0.2) is 49.9 Å². The van der Waals surface area contributed by atoms with Gasteiger partial charge in [0, 0.05) is 50.4 Å². The van der Waals surface area contributed by atoms with Crippen LogP contribution in [0.3, 0.4) is 0 Å². The van der Waals surface area contributed by atoms with Crippen LogP contribution in [0.25, 0.3) is 0 Å². The van der Waals surface area contributed by atoms with Gasteiger partial charge in [0.2, 0.25) is 5.91 Å². The number of likely N-dealkylation sites (tertiary alicyclic amines) is 2. The number of amides is 1. The highest BCUT2D eigenvalue weighted by Crippen LogP contribution is 2.33. The molecule has 23 heavy (non-hydrogen) atoms. The fraction of sp³-hybridized carbons (Fsp3) is 0.562. The van der Waals surface area contributed by atoms with Crippen molar-refractivity contribution in [1.82, 2.24) is 24.3 Å². The Morgan fingerprint density at radius 3 is 2.83 bits per heavy atom. The van der Waals surface area contributed by atoms with Gasteiger partial charge in [-0.15, -0.1) is 11.3 Å². The van der Waals surface area contributed by atoms with E-state index in [9.17, 15) is 4.79 Å². The zero-order valence-electron chi connectivity index (χ0n) is 13.5. The number of aromatic nitrogens is 3. The average Bonchev–Trinajstić information content (AvgIpc) is 3.24. The highest BCUT2D eigenvalue weighted by molar-refractivity contribution is 7.09. The molecule has 2 fully saturated rings. The molecule has 4 rings (SSSR count). The van der Waals surface area contributed by atoms with E-state index in [1.807, 2.05) is 35.8 Å². The molecule has 1 amide bonds. The number of carbonyl (C=O) groups excluding carboxylic acids is 1. The predicted molar refractivity (Wildman–Crippen MR) is 87.7 cm³/mol. The lowest BCUT2D eigenvalue weighted by Gasteiger charge is -2.20. The minimum atomic E-state index is 0.148. The third-order valence-electron chi connectivity index (χ3n) is 4.91. The molecule has 2 atom stereocenters. The number of nitrogens with zero attached hydrogens (tertiary/aromatic N) is 5. The minimum absolute atomic E-state index is 0.148. The van der Waals surface area contributed by atoms with Gasteiger partial charge in [0.05, 0.1) is 29.7 Å². The van der Waals surface area contributed by atoms with Gasteiger partial charge in [-0.05, 0) is 6.92 Å². The molecular weight excluding hydrogens is 310 g/mol. The normalized spacial score (nSPS) is 24.6. The van der Waals surface area contributed by atoms with Crippen LogP contribution in [0.5, 0.6) is 0 Å². The first-order chi connectivity index (χ1) is 11.1. The highest BCUT2D eigenvalue weighted by atomic mass is 32.1. The molecule has 2 aliphatic rings. The fourth-order valence-corrected chi connectivity index (χ4v) is 4.33. The maximum Gasteiger partial charge on any atom is 0.227 e. The second kappa shape index (κ2) is 5.72. The van der Waals surface area contributed by atoms with Crippen LogP contribution < -0.4 is 0 Å². The quantitative estimate of drug-likeness (QED) is 0.847. The molecule has 0 saturated carbocycles. The number of aryl methyl sites for hydroxylation is 2. The van der Waals surface area contributed by atoms with Gasteiger partial charge in [-0.1, -0.05) is 0 Å². The van der Waals surface area contributed by atoms with Crippen molar-refractivity contribution >= 4 is 17.2 Å². The maximum atomic E-state index is 12.7. The van der Waals surface area contributed by atoms with Gasteiger partial charge >= 0.3 is 0 Å². The van der Waals surface area contributed by atoms with Gasteiger partial charge < -0.3 is 9.47 Å². The number of hydrogen-bond donors (Lipinski definition) is 0. The molecule has 0 spiro atoms. The van der Waals surface area contributed by atoms with Crippen molar-refractivity contribution in [3.63, 3.8) is 0 Å². The molecule has 0 aliphatic carbocycles. The largest absolute Gasteiger partial charge is 0.337 e.